The molecule has 25 heavy (non-hydrogen) atoms. The van der Waals surface area contributed by atoms with Gasteiger partial charge in [-0.15, -0.1) is 0 Å². The van der Waals surface area contributed by atoms with Crippen LogP contribution in [0.4, 0.5) is 14.9 Å². The highest BCUT2D eigenvalue weighted by Crippen LogP contribution is 2.23. The van der Waals surface area contributed by atoms with Gasteiger partial charge in [-0.05, 0) is 48.7 Å². The first kappa shape index (κ1) is 17.2. The number of anilines is 1. The van der Waals surface area contributed by atoms with Crippen LogP contribution in [0.15, 0.2) is 48.7 Å². The minimum Gasteiger partial charge on any atom is -0.371 e. The fourth-order valence-corrected chi connectivity index (χ4v) is 3.04. The van der Waals surface area contributed by atoms with Crippen LogP contribution in [0, 0.1) is 11.7 Å². The number of nitrogens with zero attached hydrogens (tertiary/aromatic N) is 2. The quantitative estimate of drug-likeness (QED) is 0.848. The van der Waals surface area contributed by atoms with E-state index in [9.17, 15) is 9.18 Å². The number of nitrogens with one attached hydrogen (secondary N) is 2. The first-order valence-corrected chi connectivity index (χ1v) is 8.63. The van der Waals surface area contributed by atoms with E-state index in [0.29, 0.717) is 19.0 Å². The molecule has 5 nitrogen and oxygen atoms in total. The minimum atomic E-state index is -0.219. The molecular weight excluding hydrogens is 319 g/mol. The Morgan fingerprint density at radius 3 is 2.80 bits per heavy atom. The van der Waals surface area contributed by atoms with Gasteiger partial charge >= 0.3 is 6.03 Å². The molecule has 1 aliphatic heterocycles. The van der Waals surface area contributed by atoms with E-state index < -0.39 is 0 Å². The minimum absolute atomic E-state index is 0.142. The second kappa shape index (κ2) is 8.46. The molecule has 1 aromatic heterocycles. The number of hydrogen-bond donors (Lipinski definition) is 2. The van der Waals surface area contributed by atoms with Gasteiger partial charge in [0.2, 0.25) is 0 Å². The van der Waals surface area contributed by atoms with Crippen molar-refractivity contribution in [2.75, 3.05) is 31.1 Å². The molecule has 1 fully saturated rings. The van der Waals surface area contributed by atoms with E-state index in [1.165, 1.54) is 12.1 Å². The molecule has 1 saturated heterocycles. The van der Waals surface area contributed by atoms with E-state index in [1.807, 2.05) is 18.2 Å². The number of carbonyl (C=O) groups excluding carboxylic acids is 1. The van der Waals surface area contributed by atoms with E-state index >= 15 is 0 Å². The van der Waals surface area contributed by atoms with Gasteiger partial charge in [0.15, 0.2) is 0 Å². The summed E-state index contributed by atoms with van der Waals surface area (Å²) in [5, 5.41) is 5.79. The highest BCUT2D eigenvalue weighted by Gasteiger charge is 2.23. The number of amides is 2. The van der Waals surface area contributed by atoms with Crippen molar-refractivity contribution in [3.63, 3.8) is 0 Å². The number of pyridine rings is 1. The zero-order valence-electron chi connectivity index (χ0n) is 14.1. The zero-order valence-corrected chi connectivity index (χ0v) is 14.1. The predicted molar refractivity (Wildman–Crippen MR) is 96.1 cm³/mol. The van der Waals surface area contributed by atoms with Crippen LogP contribution in [-0.4, -0.2) is 37.2 Å². The topological polar surface area (TPSA) is 57.3 Å². The van der Waals surface area contributed by atoms with Gasteiger partial charge < -0.3 is 15.5 Å². The summed E-state index contributed by atoms with van der Waals surface area (Å²) >= 11 is 0. The number of carbonyl (C=O) groups is 1. The third-order valence-corrected chi connectivity index (χ3v) is 4.42. The summed E-state index contributed by atoms with van der Waals surface area (Å²) in [7, 11) is 0. The molecule has 0 aliphatic carbocycles. The Bertz CT molecular complexity index is 678. The molecule has 1 unspecified atom stereocenters. The molecule has 2 amide bonds. The second-order valence-electron chi connectivity index (χ2n) is 6.29. The fourth-order valence-electron chi connectivity index (χ4n) is 3.04. The molecule has 3 rings (SSSR count). The number of halogens is 1. The fraction of sp³-hybridized carbons (Fsp3) is 0.368. The predicted octanol–water partition coefficient (Wildman–Crippen LogP) is 2.59. The molecule has 1 aliphatic rings. The molecule has 0 bridgehead atoms. The molecule has 0 radical (unpaired) electrons. The van der Waals surface area contributed by atoms with E-state index in [1.54, 1.807) is 18.3 Å². The second-order valence-corrected chi connectivity index (χ2v) is 6.29. The highest BCUT2D eigenvalue weighted by atomic mass is 19.1. The third-order valence-electron chi connectivity index (χ3n) is 4.42. The normalized spacial score (nSPS) is 16.7. The number of aromatic nitrogens is 1. The standard InChI is InChI=1S/C19H23FN4O/c20-16-4-6-18(7-5-16)24-12-9-15(14-24)13-23-19(25)22-11-8-17-3-1-2-10-21-17/h1-7,10,15H,8-9,11-14H2,(H2,22,23,25). The molecule has 6 heteroatoms. The Kier molecular flexibility index (Phi) is 5.82. The van der Waals surface area contributed by atoms with Crippen LogP contribution in [-0.2, 0) is 6.42 Å². The summed E-state index contributed by atoms with van der Waals surface area (Å²) in [5.74, 6) is 0.190. The maximum atomic E-state index is 13.0. The van der Waals surface area contributed by atoms with Crippen LogP contribution < -0.4 is 15.5 Å². The lowest BCUT2D eigenvalue weighted by Crippen LogP contribution is -2.39. The lowest BCUT2D eigenvalue weighted by Gasteiger charge is -2.19. The molecule has 0 spiro atoms. The molecule has 132 valence electrons. The third kappa shape index (κ3) is 5.17. The van der Waals surface area contributed by atoms with Gasteiger partial charge in [-0.2, -0.15) is 0 Å². The highest BCUT2D eigenvalue weighted by molar-refractivity contribution is 5.73. The lowest BCUT2D eigenvalue weighted by molar-refractivity contribution is 0.239. The zero-order chi connectivity index (χ0) is 17.5. The summed E-state index contributed by atoms with van der Waals surface area (Å²) in [4.78, 5) is 18.3. The van der Waals surface area contributed by atoms with Crippen LogP contribution >= 0.6 is 0 Å². The largest absolute Gasteiger partial charge is 0.371 e. The molecule has 2 N–H and O–H groups in total. The Hall–Kier alpha value is -2.63. The van der Waals surface area contributed by atoms with E-state index in [0.717, 1.165) is 37.3 Å². The van der Waals surface area contributed by atoms with Crippen molar-refractivity contribution >= 4 is 11.7 Å². The van der Waals surface area contributed by atoms with Gasteiger partial charge in [0, 0.05) is 50.2 Å². The number of urea groups is 1. The van der Waals surface area contributed by atoms with Crippen molar-refractivity contribution in [3.05, 3.63) is 60.2 Å². The van der Waals surface area contributed by atoms with Crippen LogP contribution in [0.2, 0.25) is 0 Å². The smallest absolute Gasteiger partial charge is 0.314 e. The Morgan fingerprint density at radius 1 is 1.20 bits per heavy atom. The van der Waals surface area contributed by atoms with E-state index in [-0.39, 0.29) is 11.8 Å². The maximum absolute atomic E-state index is 13.0. The summed E-state index contributed by atoms with van der Waals surface area (Å²) in [6.45, 7) is 3.02. The van der Waals surface area contributed by atoms with Crippen molar-refractivity contribution in [1.82, 2.24) is 15.6 Å². The van der Waals surface area contributed by atoms with Crippen LogP contribution in [0.1, 0.15) is 12.1 Å². The summed E-state index contributed by atoms with van der Waals surface area (Å²) in [5.41, 5.74) is 2.00. The molecule has 1 atom stereocenters. The summed E-state index contributed by atoms with van der Waals surface area (Å²) < 4.78 is 13.0. The molecular formula is C19H23FN4O. The Morgan fingerprint density at radius 2 is 2.04 bits per heavy atom. The van der Waals surface area contributed by atoms with Gasteiger partial charge in [-0.3, -0.25) is 4.98 Å². The maximum Gasteiger partial charge on any atom is 0.314 e. The Balaban J connectivity index is 1.34. The lowest BCUT2D eigenvalue weighted by atomic mass is 10.1. The van der Waals surface area contributed by atoms with E-state index in [4.69, 9.17) is 0 Å². The van der Waals surface area contributed by atoms with Crippen LogP contribution in [0.5, 0.6) is 0 Å². The average molecular weight is 342 g/mol. The first-order valence-electron chi connectivity index (χ1n) is 8.63. The van der Waals surface area contributed by atoms with E-state index in [2.05, 4.69) is 20.5 Å². The number of hydrogen-bond acceptors (Lipinski definition) is 3. The van der Waals surface area contributed by atoms with Gasteiger partial charge in [0.05, 0.1) is 0 Å². The molecule has 1 aromatic carbocycles. The summed E-state index contributed by atoms with van der Waals surface area (Å²) in [6, 6.07) is 12.2. The van der Waals surface area contributed by atoms with Crippen LogP contribution in [0.25, 0.3) is 0 Å². The first-order chi connectivity index (χ1) is 12.2. The van der Waals surface area contributed by atoms with Crippen molar-refractivity contribution in [1.29, 1.82) is 0 Å². The van der Waals surface area contributed by atoms with Crippen molar-refractivity contribution in [2.24, 2.45) is 5.92 Å². The number of benzene rings is 1. The average Bonchev–Trinajstić information content (AvgIpc) is 3.10. The van der Waals surface area contributed by atoms with Crippen molar-refractivity contribution in [3.8, 4) is 0 Å². The van der Waals surface area contributed by atoms with Crippen LogP contribution in [0.3, 0.4) is 0 Å². The summed E-state index contributed by atoms with van der Waals surface area (Å²) in [6.07, 6.45) is 3.49. The molecule has 2 heterocycles. The Labute approximate surface area is 147 Å². The SMILES string of the molecule is O=C(NCCc1ccccn1)NCC1CCN(c2ccc(F)cc2)C1. The number of rotatable bonds is 6. The van der Waals surface area contributed by atoms with Gasteiger partial charge in [0.25, 0.3) is 0 Å². The molecule has 2 aromatic rings. The van der Waals surface area contributed by atoms with Gasteiger partial charge in [0.1, 0.15) is 5.82 Å². The van der Waals surface area contributed by atoms with Gasteiger partial charge in [-0.25, -0.2) is 9.18 Å². The molecule has 0 saturated carbocycles. The van der Waals surface area contributed by atoms with Gasteiger partial charge in [-0.1, -0.05) is 6.07 Å². The van der Waals surface area contributed by atoms with Crippen molar-refractivity contribution < 1.29 is 9.18 Å². The van der Waals surface area contributed by atoms with Crippen molar-refractivity contribution in [2.45, 2.75) is 12.8 Å². The monoisotopic (exact) mass is 342 g/mol.